The van der Waals surface area contributed by atoms with Gasteiger partial charge in [-0.2, -0.15) is 0 Å². The highest BCUT2D eigenvalue weighted by Crippen LogP contribution is 2.28. The molecule has 0 spiro atoms. The van der Waals surface area contributed by atoms with Gasteiger partial charge in [0.2, 0.25) is 0 Å². The molecule has 0 unspecified atom stereocenters. The minimum Gasteiger partial charge on any atom is -0.461 e. The number of rotatable bonds is 2. The summed E-state index contributed by atoms with van der Waals surface area (Å²) in [5.74, 6) is 1.51. The second kappa shape index (κ2) is 4.09. The normalized spacial score (nSPS) is 10.6. The van der Waals surface area contributed by atoms with Gasteiger partial charge in [0.15, 0.2) is 0 Å². The van der Waals surface area contributed by atoms with Crippen molar-refractivity contribution in [3.05, 3.63) is 46.7 Å². The zero-order chi connectivity index (χ0) is 10.8. The van der Waals surface area contributed by atoms with Gasteiger partial charge in [-0.25, -0.2) is 0 Å². The molecule has 1 aromatic heterocycles. The SMILES string of the molecule is Cc1cc(CO)c(-c2ccc(Cl)cc2)o1. The maximum atomic E-state index is 9.16. The lowest BCUT2D eigenvalue weighted by Crippen LogP contribution is -1.83. The average molecular weight is 223 g/mol. The van der Waals surface area contributed by atoms with Crippen molar-refractivity contribution in [3.8, 4) is 11.3 Å². The van der Waals surface area contributed by atoms with Gasteiger partial charge in [-0.3, -0.25) is 0 Å². The minimum atomic E-state index is -0.0186. The number of aryl methyl sites for hydroxylation is 1. The smallest absolute Gasteiger partial charge is 0.139 e. The summed E-state index contributed by atoms with van der Waals surface area (Å²) in [4.78, 5) is 0. The van der Waals surface area contributed by atoms with Gasteiger partial charge in [-0.15, -0.1) is 0 Å². The van der Waals surface area contributed by atoms with Crippen LogP contribution in [0.25, 0.3) is 11.3 Å². The molecule has 0 saturated carbocycles. The molecule has 1 heterocycles. The highest BCUT2D eigenvalue weighted by molar-refractivity contribution is 6.30. The van der Waals surface area contributed by atoms with E-state index in [0.29, 0.717) is 10.8 Å². The van der Waals surface area contributed by atoms with Crippen molar-refractivity contribution < 1.29 is 9.52 Å². The van der Waals surface area contributed by atoms with Gasteiger partial charge in [0.1, 0.15) is 11.5 Å². The molecule has 1 aromatic carbocycles. The number of hydrogen-bond donors (Lipinski definition) is 1. The first kappa shape index (κ1) is 10.3. The molecule has 0 aliphatic heterocycles. The van der Waals surface area contributed by atoms with Crippen LogP contribution in [0.4, 0.5) is 0 Å². The molecule has 3 heteroatoms. The molecule has 2 aromatic rings. The molecule has 0 fully saturated rings. The number of hydrogen-bond acceptors (Lipinski definition) is 2. The number of halogens is 1. The standard InChI is InChI=1S/C12H11ClO2/c1-8-6-10(7-14)12(15-8)9-2-4-11(13)5-3-9/h2-6,14H,7H2,1H3. The zero-order valence-corrected chi connectivity index (χ0v) is 9.08. The summed E-state index contributed by atoms with van der Waals surface area (Å²) in [6, 6.07) is 9.19. The van der Waals surface area contributed by atoms with Crippen molar-refractivity contribution in [2.45, 2.75) is 13.5 Å². The van der Waals surface area contributed by atoms with Crippen LogP contribution in [0.15, 0.2) is 34.7 Å². The maximum Gasteiger partial charge on any atom is 0.139 e. The number of furan rings is 1. The van der Waals surface area contributed by atoms with Gasteiger partial charge in [0.05, 0.1) is 6.61 Å². The van der Waals surface area contributed by atoms with E-state index in [1.165, 1.54) is 0 Å². The fourth-order valence-corrected chi connectivity index (χ4v) is 1.66. The first-order chi connectivity index (χ1) is 7.20. The Morgan fingerprint density at radius 2 is 1.93 bits per heavy atom. The number of aliphatic hydroxyl groups is 1. The molecule has 78 valence electrons. The van der Waals surface area contributed by atoms with Crippen molar-refractivity contribution in [2.24, 2.45) is 0 Å². The summed E-state index contributed by atoms with van der Waals surface area (Å²) in [6.07, 6.45) is 0. The van der Waals surface area contributed by atoms with Gasteiger partial charge in [0, 0.05) is 16.1 Å². The summed E-state index contributed by atoms with van der Waals surface area (Å²) in [5.41, 5.74) is 1.73. The highest BCUT2D eigenvalue weighted by atomic mass is 35.5. The predicted octanol–water partition coefficient (Wildman–Crippen LogP) is 3.40. The lowest BCUT2D eigenvalue weighted by molar-refractivity contribution is 0.281. The van der Waals surface area contributed by atoms with Gasteiger partial charge < -0.3 is 9.52 Å². The number of benzene rings is 1. The average Bonchev–Trinajstić information content (AvgIpc) is 2.61. The fourth-order valence-electron chi connectivity index (χ4n) is 1.53. The molecule has 1 N–H and O–H groups in total. The van der Waals surface area contributed by atoms with Crippen LogP contribution in [0, 0.1) is 6.92 Å². The zero-order valence-electron chi connectivity index (χ0n) is 8.33. The summed E-state index contributed by atoms with van der Waals surface area (Å²) >= 11 is 5.80. The Morgan fingerprint density at radius 1 is 1.27 bits per heavy atom. The molecule has 0 saturated heterocycles. The van der Waals surface area contributed by atoms with Gasteiger partial charge in [-0.1, -0.05) is 11.6 Å². The summed E-state index contributed by atoms with van der Waals surface area (Å²) in [5, 5.41) is 9.85. The molecular formula is C12H11ClO2. The maximum absolute atomic E-state index is 9.16. The van der Waals surface area contributed by atoms with Crippen LogP contribution in [-0.4, -0.2) is 5.11 Å². The van der Waals surface area contributed by atoms with E-state index in [2.05, 4.69) is 0 Å². The van der Waals surface area contributed by atoms with Crippen molar-refractivity contribution in [2.75, 3.05) is 0 Å². The quantitative estimate of drug-likeness (QED) is 0.845. The van der Waals surface area contributed by atoms with Crippen LogP contribution in [0.2, 0.25) is 5.02 Å². The number of aliphatic hydroxyl groups excluding tert-OH is 1. The van der Waals surface area contributed by atoms with Crippen LogP contribution in [0.3, 0.4) is 0 Å². The second-order valence-electron chi connectivity index (χ2n) is 3.38. The molecular weight excluding hydrogens is 212 g/mol. The molecule has 0 bridgehead atoms. The first-order valence-corrected chi connectivity index (χ1v) is 5.04. The summed E-state index contributed by atoms with van der Waals surface area (Å²) in [6.45, 7) is 1.84. The van der Waals surface area contributed by atoms with Crippen molar-refractivity contribution >= 4 is 11.6 Å². The van der Waals surface area contributed by atoms with Crippen LogP contribution < -0.4 is 0 Å². The van der Waals surface area contributed by atoms with Gasteiger partial charge in [-0.05, 0) is 37.3 Å². The second-order valence-corrected chi connectivity index (χ2v) is 3.81. The topological polar surface area (TPSA) is 33.4 Å². The van der Waals surface area contributed by atoms with E-state index in [0.717, 1.165) is 16.9 Å². The van der Waals surface area contributed by atoms with Gasteiger partial charge >= 0.3 is 0 Å². The van der Waals surface area contributed by atoms with Crippen LogP contribution in [0.1, 0.15) is 11.3 Å². The molecule has 0 radical (unpaired) electrons. The Morgan fingerprint density at radius 3 is 2.53 bits per heavy atom. The molecule has 0 atom stereocenters. The fraction of sp³-hybridized carbons (Fsp3) is 0.167. The van der Waals surface area contributed by atoms with E-state index in [1.54, 1.807) is 12.1 Å². The van der Waals surface area contributed by atoms with E-state index in [4.69, 9.17) is 21.1 Å². The Hall–Kier alpha value is -1.25. The predicted molar refractivity (Wildman–Crippen MR) is 59.8 cm³/mol. The van der Waals surface area contributed by atoms with Crippen LogP contribution >= 0.6 is 11.6 Å². The molecule has 0 aliphatic carbocycles. The van der Waals surface area contributed by atoms with E-state index >= 15 is 0 Å². The largest absolute Gasteiger partial charge is 0.461 e. The van der Waals surface area contributed by atoms with Crippen molar-refractivity contribution in [1.29, 1.82) is 0 Å². The molecule has 0 amide bonds. The molecule has 0 aliphatic rings. The van der Waals surface area contributed by atoms with E-state index in [1.807, 2.05) is 25.1 Å². The molecule has 2 rings (SSSR count). The molecule has 2 nitrogen and oxygen atoms in total. The van der Waals surface area contributed by atoms with Crippen molar-refractivity contribution in [1.82, 2.24) is 0 Å². The lowest BCUT2D eigenvalue weighted by atomic mass is 10.1. The Kier molecular flexibility index (Phi) is 2.80. The third-order valence-electron chi connectivity index (χ3n) is 2.21. The third-order valence-corrected chi connectivity index (χ3v) is 2.46. The summed E-state index contributed by atoms with van der Waals surface area (Å²) < 4.78 is 5.53. The Labute approximate surface area is 93.1 Å². The summed E-state index contributed by atoms with van der Waals surface area (Å²) in [7, 11) is 0. The van der Waals surface area contributed by atoms with Gasteiger partial charge in [0.25, 0.3) is 0 Å². The molecule has 15 heavy (non-hydrogen) atoms. The Bertz CT molecular complexity index is 457. The van der Waals surface area contributed by atoms with E-state index in [9.17, 15) is 0 Å². The third kappa shape index (κ3) is 2.06. The van der Waals surface area contributed by atoms with Crippen molar-refractivity contribution in [3.63, 3.8) is 0 Å². The van der Waals surface area contributed by atoms with E-state index < -0.39 is 0 Å². The monoisotopic (exact) mass is 222 g/mol. The highest BCUT2D eigenvalue weighted by Gasteiger charge is 2.09. The van der Waals surface area contributed by atoms with E-state index in [-0.39, 0.29) is 6.61 Å². The lowest BCUT2D eigenvalue weighted by Gasteiger charge is -1.99. The van der Waals surface area contributed by atoms with Crippen LogP contribution in [-0.2, 0) is 6.61 Å². The first-order valence-electron chi connectivity index (χ1n) is 4.67. The minimum absolute atomic E-state index is 0.0186. The van der Waals surface area contributed by atoms with Crippen LogP contribution in [0.5, 0.6) is 0 Å². The Balaban J connectivity index is 2.48.